The van der Waals surface area contributed by atoms with Gasteiger partial charge in [0.2, 0.25) is 5.91 Å². The fourth-order valence-electron chi connectivity index (χ4n) is 3.06. The van der Waals surface area contributed by atoms with Gasteiger partial charge >= 0.3 is 0 Å². The van der Waals surface area contributed by atoms with Crippen LogP contribution in [0.25, 0.3) is 0 Å². The highest BCUT2D eigenvalue weighted by atomic mass is 16.5. The van der Waals surface area contributed by atoms with Crippen molar-refractivity contribution in [3.8, 4) is 11.5 Å². The molecule has 0 atom stereocenters. The molecule has 1 amide bonds. The number of ether oxygens (including phenoxy) is 2. The van der Waals surface area contributed by atoms with E-state index in [1.54, 1.807) is 7.11 Å². The summed E-state index contributed by atoms with van der Waals surface area (Å²) >= 11 is 0. The van der Waals surface area contributed by atoms with E-state index in [9.17, 15) is 4.79 Å². The standard InChI is InChI=1S/C23H32N2O3/c1-6-25(7-2)12-13-28-22-16-20(10-11-21(22)27-5)24-23(26)15-19-14-17(3)8-9-18(19)4/h8-11,14,16H,6-7,12-13,15H2,1-5H3,(H,24,26). The number of likely N-dealkylation sites (N-methyl/N-ethyl adjacent to an activating group) is 1. The van der Waals surface area contributed by atoms with Crippen LogP contribution >= 0.6 is 0 Å². The number of methoxy groups -OCH3 is 1. The normalized spacial score (nSPS) is 10.8. The van der Waals surface area contributed by atoms with Crippen molar-refractivity contribution in [2.24, 2.45) is 0 Å². The van der Waals surface area contributed by atoms with Crippen LogP contribution in [0.2, 0.25) is 0 Å². The fourth-order valence-corrected chi connectivity index (χ4v) is 3.06. The Labute approximate surface area is 168 Å². The van der Waals surface area contributed by atoms with Crippen LogP contribution < -0.4 is 14.8 Å². The summed E-state index contributed by atoms with van der Waals surface area (Å²) in [6, 6.07) is 11.6. The highest BCUT2D eigenvalue weighted by Gasteiger charge is 2.11. The Bertz CT molecular complexity index is 785. The Morgan fingerprint density at radius 1 is 1.04 bits per heavy atom. The minimum absolute atomic E-state index is 0.0482. The average molecular weight is 385 g/mol. The van der Waals surface area contributed by atoms with Crippen molar-refractivity contribution >= 4 is 11.6 Å². The van der Waals surface area contributed by atoms with E-state index >= 15 is 0 Å². The molecular weight excluding hydrogens is 352 g/mol. The molecule has 5 heteroatoms. The quantitative estimate of drug-likeness (QED) is 0.667. The number of carbonyl (C=O) groups is 1. The van der Waals surface area contributed by atoms with Crippen molar-refractivity contribution in [2.75, 3.05) is 38.7 Å². The molecular formula is C23H32N2O3. The number of amides is 1. The third-order valence-corrected chi connectivity index (χ3v) is 4.86. The summed E-state index contributed by atoms with van der Waals surface area (Å²) in [6.45, 7) is 11.7. The van der Waals surface area contributed by atoms with Crippen LogP contribution in [0.4, 0.5) is 5.69 Å². The van der Waals surface area contributed by atoms with Gasteiger partial charge in [-0.05, 0) is 50.2 Å². The maximum atomic E-state index is 12.5. The monoisotopic (exact) mass is 384 g/mol. The van der Waals surface area contributed by atoms with Crippen molar-refractivity contribution in [2.45, 2.75) is 34.1 Å². The summed E-state index contributed by atoms with van der Waals surface area (Å²) in [7, 11) is 1.62. The second kappa shape index (κ2) is 10.7. The van der Waals surface area contributed by atoms with Crippen LogP contribution in [-0.2, 0) is 11.2 Å². The molecule has 0 spiro atoms. The van der Waals surface area contributed by atoms with Crippen molar-refractivity contribution in [3.05, 3.63) is 53.1 Å². The van der Waals surface area contributed by atoms with Gasteiger partial charge in [0.1, 0.15) is 6.61 Å². The number of carbonyl (C=O) groups excluding carboxylic acids is 1. The molecule has 5 nitrogen and oxygen atoms in total. The molecule has 2 aromatic carbocycles. The van der Waals surface area contributed by atoms with E-state index in [0.29, 0.717) is 30.2 Å². The molecule has 0 fully saturated rings. The minimum atomic E-state index is -0.0482. The molecule has 0 heterocycles. The van der Waals surface area contributed by atoms with Crippen LogP contribution in [0.5, 0.6) is 11.5 Å². The van der Waals surface area contributed by atoms with Crippen LogP contribution in [0.3, 0.4) is 0 Å². The number of hydrogen-bond acceptors (Lipinski definition) is 4. The maximum absolute atomic E-state index is 12.5. The fraction of sp³-hybridized carbons (Fsp3) is 0.435. The molecule has 0 unspecified atom stereocenters. The molecule has 0 saturated carbocycles. The van der Waals surface area contributed by atoms with E-state index in [2.05, 4.69) is 36.2 Å². The number of rotatable bonds is 10. The summed E-state index contributed by atoms with van der Waals surface area (Å²) < 4.78 is 11.3. The zero-order valence-corrected chi connectivity index (χ0v) is 17.7. The van der Waals surface area contributed by atoms with Gasteiger partial charge in [0, 0.05) is 18.3 Å². The Hall–Kier alpha value is -2.53. The lowest BCUT2D eigenvalue weighted by Gasteiger charge is -2.19. The van der Waals surface area contributed by atoms with Crippen molar-refractivity contribution in [1.82, 2.24) is 4.90 Å². The zero-order chi connectivity index (χ0) is 20.5. The number of hydrogen-bond donors (Lipinski definition) is 1. The second-order valence-electron chi connectivity index (χ2n) is 6.90. The molecule has 28 heavy (non-hydrogen) atoms. The van der Waals surface area contributed by atoms with E-state index in [1.807, 2.05) is 38.1 Å². The number of nitrogens with zero attached hydrogens (tertiary/aromatic N) is 1. The van der Waals surface area contributed by atoms with Crippen molar-refractivity contribution in [1.29, 1.82) is 0 Å². The third kappa shape index (κ3) is 6.27. The molecule has 0 saturated heterocycles. The highest BCUT2D eigenvalue weighted by molar-refractivity contribution is 5.92. The number of aryl methyl sites for hydroxylation is 2. The van der Waals surface area contributed by atoms with Gasteiger partial charge in [-0.1, -0.05) is 37.6 Å². The van der Waals surface area contributed by atoms with Crippen molar-refractivity contribution < 1.29 is 14.3 Å². The van der Waals surface area contributed by atoms with Gasteiger partial charge in [0.05, 0.1) is 13.5 Å². The zero-order valence-electron chi connectivity index (χ0n) is 17.7. The van der Waals surface area contributed by atoms with Crippen LogP contribution in [0.15, 0.2) is 36.4 Å². The Balaban J connectivity index is 2.03. The summed E-state index contributed by atoms with van der Waals surface area (Å²) in [5, 5.41) is 2.97. The minimum Gasteiger partial charge on any atom is -0.493 e. The molecule has 2 rings (SSSR count). The number of nitrogens with one attached hydrogen (secondary N) is 1. The molecule has 0 aliphatic heterocycles. The SMILES string of the molecule is CCN(CC)CCOc1cc(NC(=O)Cc2cc(C)ccc2C)ccc1OC. The van der Waals surface area contributed by atoms with E-state index in [1.165, 1.54) is 0 Å². The average Bonchev–Trinajstić information content (AvgIpc) is 2.68. The Morgan fingerprint density at radius 3 is 2.46 bits per heavy atom. The lowest BCUT2D eigenvalue weighted by atomic mass is 10.0. The van der Waals surface area contributed by atoms with Crippen LogP contribution in [0, 0.1) is 13.8 Å². The predicted molar refractivity (Wildman–Crippen MR) is 115 cm³/mol. The van der Waals surface area contributed by atoms with Gasteiger partial charge in [-0.15, -0.1) is 0 Å². The lowest BCUT2D eigenvalue weighted by Crippen LogP contribution is -2.28. The molecule has 0 aliphatic rings. The molecule has 0 aliphatic carbocycles. The first kappa shape index (κ1) is 21.8. The second-order valence-corrected chi connectivity index (χ2v) is 6.90. The molecule has 152 valence electrons. The molecule has 0 bridgehead atoms. The largest absolute Gasteiger partial charge is 0.493 e. The number of anilines is 1. The summed E-state index contributed by atoms with van der Waals surface area (Å²) in [4.78, 5) is 14.8. The first-order valence-corrected chi connectivity index (χ1v) is 9.86. The first-order valence-electron chi connectivity index (χ1n) is 9.86. The van der Waals surface area contributed by atoms with E-state index < -0.39 is 0 Å². The summed E-state index contributed by atoms with van der Waals surface area (Å²) in [6.07, 6.45) is 0.345. The third-order valence-electron chi connectivity index (χ3n) is 4.86. The Kier molecular flexibility index (Phi) is 8.33. The maximum Gasteiger partial charge on any atom is 0.228 e. The van der Waals surface area contributed by atoms with Crippen molar-refractivity contribution in [3.63, 3.8) is 0 Å². The van der Waals surface area contributed by atoms with Gasteiger partial charge in [-0.2, -0.15) is 0 Å². The van der Waals surface area contributed by atoms with E-state index in [0.717, 1.165) is 36.3 Å². The highest BCUT2D eigenvalue weighted by Crippen LogP contribution is 2.30. The summed E-state index contributed by atoms with van der Waals surface area (Å²) in [5.41, 5.74) is 4.02. The molecule has 1 N–H and O–H groups in total. The van der Waals surface area contributed by atoms with Gasteiger partial charge in [-0.25, -0.2) is 0 Å². The van der Waals surface area contributed by atoms with Gasteiger partial charge < -0.3 is 19.7 Å². The predicted octanol–water partition coefficient (Wildman–Crippen LogP) is 4.21. The van der Waals surface area contributed by atoms with Gasteiger partial charge in [0.15, 0.2) is 11.5 Å². The van der Waals surface area contributed by atoms with Gasteiger partial charge in [-0.3, -0.25) is 4.79 Å². The lowest BCUT2D eigenvalue weighted by molar-refractivity contribution is -0.115. The smallest absolute Gasteiger partial charge is 0.228 e. The Morgan fingerprint density at radius 2 is 1.79 bits per heavy atom. The van der Waals surface area contributed by atoms with Gasteiger partial charge in [0.25, 0.3) is 0 Å². The van der Waals surface area contributed by atoms with Crippen LogP contribution in [-0.4, -0.2) is 44.2 Å². The molecule has 2 aromatic rings. The topological polar surface area (TPSA) is 50.8 Å². The summed E-state index contributed by atoms with van der Waals surface area (Å²) in [5.74, 6) is 1.25. The molecule has 0 aromatic heterocycles. The van der Waals surface area contributed by atoms with E-state index in [4.69, 9.17) is 9.47 Å². The van der Waals surface area contributed by atoms with Crippen LogP contribution in [0.1, 0.15) is 30.5 Å². The van der Waals surface area contributed by atoms with E-state index in [-0.39, 0.29) is 5.91 Å². The molecule has 0 radical (unpaired) electrons. The number of benzene rings is 2. The first-order chi connectivity index (χ1) is 13.5.